The predicted molar refractivity (Wildman–Crippen MR) is 57.1 cm³/mol. The Morgan fingerprint density at radius 1 is 1.29 bits per heavy atom. The molecule has 0 atom stereocenters. The first-order chi connectivity index (χ1) is 8.00. The van der Waals surface area contributed by atoms with Gasteiger partial charge in [0.05, 0.1) is 0 Å². The van der Waals surface area contributed by atoms with Crippen molar-refractivity contribution in [3.05, 3.63) is 36.2 Å². The molecule has 0 saturated carbocycles. The highest BCUT2D eigenvalue weighted by Crippen LogP contribution is 2.20. The first-order valence-electron chi connectivity index (χ1n) is 4.24. The Hall–Kier alpha value is -1.61. The van der Waals surface area contributed by atoms with Crippen molar-refractivity contribution < 1.29 is 17.2 Å². The minimum Gasteiger partial charge on any atom is -0.253 e. The summed E-state index contributed by atoms with van der Waals surface area (Å²) in [6.07, 6.45) is 1.14. The number of hydrogen-bond donors (Lipinski definition) is 1. The number of hydrogen-bond acceptors (Lipinski definition) is 5. The maximum absolute atomic E-state index is 13.3. The molecule has 1 aromatic heterocycles. The van der Waals surface area contributed by atoms with Crippen molar-refractivity contribution >= 4 is 26.7 Å². The normalized spacial score (nSPS) is 11.4. The van der Waals surface area contributed by atoms with Crippen molar-refractivity contribution in [2.24, 2.45) is 0 Å². The summed E-state index contributed by atoms with van der Waals surface area (Å²) in [5.41, 5.74) is 0. The van der Waals surface area contributed by atoms with E-state index in [0.717, 1.165) is 36.1 Å². The summed E-state index contributed by atoms with van der Waals surface area (Å²) in [6.45, 7) is 0. The van der Waals surface area contributed by atoms with Crippen LogP contribution >= 0.6 is 11.5 Å². The standard InChI is InChI=1S/C8H5F2N3O2S2/c9-5-2-1-3-6(7(5)10)17(14,15)13-8-11-4-12-16-8/h1-4H,(H,11,12,13). The van der Waals surface area contributed by atoms with E-state index in [1.165, 1.54) is 0 Å². The molecule has 0 spiro atoms. The van der Waals surface area contributed by atoms with E-state index in [9.17, 15) is 17.2 Å². The molecular formula is C8H5F2N3O2S2. The monoisotopic (exact) mass is 277 g/mol. The highest BCUT2D eigenvalue weighted by molar-refractivity contribution is 7.93. The molecular weight excluding hydrogens is 272 g/mol. The zero-order valence-electron chi connectivity index (χ0n) is 8.09. The molecule has 90 valence electrons. The van der Waals surface area contributed by atoms with Crippen LogP contribution in [0, 0.1) is 11.6 Å². The maximum atomic E-state index is 13.3. The van der Waals surface area contributed by atoms with Crippen LogP contribution in [0.4, 0.5) is 13.9 Å². The van der Waals surface area contributed by atoms with Crippen LogP contribution in [0.1, 0.15) is 0 Å². The van der Waals surface area contributed by atoms with E-state index in [2.05, 4.69) is 9.36 Å². The average Bonchev–Trinajstić information content (AvgIpc) is 2.73. The molecule has 0 unspecified atom stereocenters. The first-order valence-corrected chi connectivity index (χ1v) is 6.50. The SMILES string of the molecule is O=S(=O)(Nc1ncns1)c1cccc(F)c1F. The Morgan fingerprint density at radius 3 is 2.71 bits per heavy atom. The lowest BCUT2D eigenvalue weighted by atomic mass is 10.3. The van der Waals surface area contributed by atoms with E-state index in [-0.39, 0.29) is 5.13 Å². The van der Waals surface area contributed by atoms with Crippen LogP contribution < -0.4 is 4.72 Å². The second-order valence-corrected chi connectivity index (χ2v) is 5.33. The van der Waals surface area contributed by atoms with Crippen molar-refractivity contribution in [3.63, 3.8) is 0 Å². The molecule has 0 bridgehead atoms. The molecule has 0 aliphatic rings. The van der Waals surface area contributed by atoms with Crippen LogP contribution in [0.5, 0.6) is 0 Å². The van der Waals surface area contributed by atoms with Gasteiger partial charge in [-0.3, -0.25) is 4.72 Å². The third-order valence-corrected chi connectivity index (χ3v) is 3.85. The van der Waals surface area contributed by atoms with Gasteiger partial charge in [0.25, 0.3) is 10.0 Å². The molecule has 1 N–H and O–H groups in total. The quantitative estimate of drug-likeness (QED) is 0.925. The third-order valence-electron chi connectivity index (χ3n) is 1.79. The summed E-state index contributed by atoms with van der Waals surface area (Å²) < 4.78 is 55.2. The van der Waals surface area contributed by atoms with Gasteiger partial charge in [-0.25, -0.2) is 22.2 Å². The van der Waals surface area contributed by atoms with E-state index in [1.54, 1.807) is 0 Å². The van der Waals surface area contributed by atoms with Gasteiger partial charge in [-0.15, -0.1) is 0 Å². The van der Waals surface area contributed by atoms with Crippen LogP contribution in [-0.4, -0.2) is 17.8 Å². The summed E-state index contributed by atoms with van der Waals surface area (Å²) >= 11 is 0.787. The lowest BCUT2D eigenvalue weighted by Gasteiger charge is -2.05. The minimum absolute atomic E-state index is 0.0198. The Balaban J connectivity index is 2.42. The van der Waals surface area contributed by atoms with Gasteiger partial charge < -0.3 is 0 Å². The number of nitrogens with zero attached hydrogens (tertiary/aromatic N) is 2. The number of halogens is 2. The molecule has 1 aromatic carbocycles. The van der Waals surface area contributed by atoms with Gasteiger partial charge in [-0.2, -0.15) is 4.37 Å². The van der Waals surface area contributed by atoms with Crippen LogP contribution in [0.25, 0.3) is 0 Å². The van der Waals surface area contributed by atoms with Crippen molar-refractivity contribution in [1.29, 1.82) is 0 Å². The lowest BCUT2D eigenvalue weighted by molar-refractivity contribution is 0.485. The summed E-state index contributed by atoms with van der Waals surface area (Å²) in [5.74, 6) is -2.66. The van der Waals surface area contributed by atoms with Crippen LogP contribution in [-0.2, 0) is 10.0 Å². The number of anilines is 1. The van der Waals surface area contributed by atoms with Crippen molar-refractivity contribution in [3.8, 4) is 0 Å². The summed E-state index contributed by atoms with van der Waals surface area (Å²) in [6, 6.07) is 2.90. The van der Waals surface area contributed by atoms with Gasteiger partial charge in [0.15, 0.2) is 11.6 Å². The Labute approximate surface area is 99.4 Å². The summed E-state index contributed by atoms with van der Waals surface area (Å²) in [5, 5.41) is -0.0198. The summed E-state index contributed by atoms with van der Waals surface area (Å²) in [4.78, 5) is 2.81. The molecule has 0 amide bonds. The maximum Gasteiger partial charge on any atom is 0.266 e. The van der Waals surface area contributed by atoms with Crippen molar-refractivity contribution in [2.45, 2.75) is 4.90 Å². The smallest absolute Gasteiger partial charge is 0.253 e. The molecule has 17 heavy (non-hydrogen) atoms. The fourth-order valence-corrected chi connectivity index (χ4v) is 2.83. The number of benzene rings is 1. The Morgan fingerprint density at radius 2 is 2.06 bits per heavy atom. The van der Waals surface area contributed by atoms with E-state index >= 15 is 0 Å². The Bertz CT molecular complexity index is 628. The number of sulfonamides is 1. The van der Waals surface area contributed by atoms with Gasteiger partial charge >= 0.3 is 0 Å². The fourth-order valence-electron chi connectivity index (χ4n) is 1.08. The lowest BCUT2D eigenvalue weighted by Crippen LogP contribution is -2.15. The van der Waals surface area contributed by atoms with E-state index < -0.39 is 26.6 Å². The van der Waals surface area contributed by atoms with E-state index in [1.807, 2.05) is 4.72 Å². The van der Waals surface area contributed by atoms with Gasteiger partial charge in [-0.1, -0.05) is 6.07 Å². The molecule has 9 heteroatoms. The molecule has 1 heterocycles. The van der Waals surface area contributed by atoms with Crippen LogP contribution in [0.3, 0.4) is 0 Å². The van der Waals surface area contributed by atoms with Crippen LogP contribution in [0.15, 0.2) is 29.4 Å². The van der Waals surface area contributed by atoms with Crippen molar-refractivity contribution in [1.82, 2.24) is 9.36 Å². The molecule has 2 rings (SSSR count). The van der Waals surface area contributed by atoms with Gasteiger partial charge in [0.1, 0.15) is 11.2 Å². The summed E-state index contributed by atoms with van der Waals surface area (Å²) in [7, 11) is -4.19. The third kappa shape index (κ3) is 2.39. The average molecular weight is 277 g/mol. The molecule has 5 nitrogen and oxygen atoms in total. The Kier molecular flexibility index (Phi) is 3.03. The highest BCUT2D eigenvalue weighted by atomic mass is 32.2. The number of aromatic nitrogens is 2. The predicted octanol–water partition coefficient (Wildman–Crippen LogP) is 1.62. The second kappa shape index (κ2) is 4.34. The van der Waals surface area contributed by atoms with Gasteiger partial charge in [0.2, 0.25) is 5.13 Å². The van der Waals surface area contributed by atoms with Gasteiger partial charge in [-0.05, 0) is 12.1 Å². The molecule has 0 radical (unpaired) electrons. The van der Waals surface area contributed by atoms with Crippen molar-refractivity contribution in [2.75, 3.05) is 4.72 Å². The zero-order chi connectivity index (χ0) is 12.5. The second-order valence-electron chi connectivity index (χ2n) is 2.90. The molecule has 0 aliphatic heterocycles. The van der Waals surface area contributed by atoms with E-state index in [4.69, 9.17) is 0 Å². The van der Waals surface area contributed by atoms with Crippen LogP contribution in [0.2, 0.25) is 0 Å². The highest BCUT2D eigenvalue weighted by Gasteiger charge is 2.22. The minimum atomic E-state index is -4.19. The number of nitrogens with one attached hydrogen (secondary N) is 1. The first kappa shape index (κ1) is 11.9. The molecule has 0 fully saturated rings. The zero-order valence-corrected chi connectivity index (χ0v) is 9.73. The van der Waals surface area contributed by atoms with E-state index in [0.29, 0.717) is 0 Å². The molecule has 0 saturated heterocycles. The molecule has 2 aromatic rings. The van der Waals surface area contributed by atoms with Gasteiger partial charge in [0, 0.05) is 11.5 Å². The topological polar surface area (TPSA) is 72.0 Å². The molecule has 0 aliphatic carbocycles. The largest absolute Gasteiger partial charge is 0.266 e. The fraction of sp³-hybridized carbons (Fsp3) is 0. The number of rotatable bonds is 3.